The number of carbonyl (C=O) groups is 1. The van der Waals surface area contributed by atoms with Gasteiger partial charge < -0.3 is 10.3 Å². The van der Waals surface area contributed by atoms with Gasteiger partial charge in [-0.25, -0.2) is 4.98 Å². The maximum atomic E-state index is 12.8. The Hall–Kier alpha value is -2.28. The van der Waals surface area contributed by atoms with Crippen LogP contribution in [0.15, 0.2) is 58.5 Å². The molecule has 0 aliphatic carbocycles. The smallest absolute Gasteiger partial charge is 0.257 e. The Kier molecular flexibility index (Phi) is 5.44. The molecule has 2 N–H and O–H groups in total. The van der Waals surface area contributed by atoms with Crippen LogP contribution in [0.1, 0.15) is 29.0 Å². The number of fused-ring (bicyclic) bond motifs is 1. The number of nitrogens with zero attached hydrogens (tertiary/aromatic N) is 1. The molecule has 142 valence electrons. The van der Waals surface area contributed by atoms with Crippen LogP contribution in [0.4, 0.5) is 5.82 Å². The Morgan fingerprint density at radius 1 is 1.04 bits per heavy atom. The predicted molar refractivity (Wildman–Crippen MR) is 112 cm³/mol. The van der Waals surface area contributed by atoms with Gasteiger partial charge in [-0.2, -0.15) is 0 Å². The summed E-state index contributed by atoms with van der Waals surface area (Å²) in [6.07, 6.45) is 0.146. The molecule has 0 fully saturated rings. The molecule has 8 heteroatoms. The highest BCUT2D eigenvalue weighted by atomic mass is 35.5. The topological polar surface area (TPSA) is 74.8 Å². The van der Waals surface area contributed by atoms with Crippen molar-refractivity contribution in [2.45, 2.75) is 23.2 Å². The molecule has 3 aromatic rings. The number of amides is 1. The predicted octanol–water partition coefficient (Wildman–Crippen LogP) is 4.84. The summed E-state index contributed by atoms with van der Waals surface area (Å²) >= 11 is 13.8. The number of nitrogens with one attached hydrogen (secondary N) is 2. The first-order valence-electron chi connectivity index (χ1n) is 8.57. The second-order valence-electron chi connectivity index (χ2n) is 6.34. The highest BCUT2D eigenvalue weighted by Crippen LogP contribution is 2.37. The van der Waals surface area contributed by atoms with E-state index in [2.05, 4.69) is 15.3 Å². The number of aromatic nitrogens is 2. The lowest BCUT2D eigenvalue weighted by Crippen LogP contribution is -2.31. The second-order valence-corrected chi connectivity index (χ2v) is 8.12. The van der Waals surface area contributed by atoms with E-state index in [1.54, 1.807) is 6.07 Å². The summed E-state index contributed by atoms with van der Waals surface area (Å²) in [5.41, 5.74) is 1.82. The van der Waals surface area contributed by atoms with Crippen molar-refractivity contribution in [2.75, 3.05) is 5.32 Å². The van der Waals surface area contributed by atoms with Crippen LogP contribution >= 0.6 is 35.0 Å². The molecule has 0 saturated carbocycles. The van der Waals surface area contributed by atoms with Crippen molar-refractivity contribution in [1.29, 1.82) is 0 Å². The fourth-order valence-corrected chi connectivity index (χ4v) is 4.62. The SMILES string of the molecule is O=C1C[C@@H](c2ccccc2Cl)c2c(nc(SCc3ccccc3Cl)[nH]c2=O)N1. The molecule has 2 heterocycles. The van der Waals surface area contributed by atoms with E-state index in [0.717, 1.165) is 11.1 Å². The van der Waals surface area contributed by atoms with Gasteiger partial charge in [-0.05, 0) is 23.3 Å². The number of hydrogen-bond acceptors (Lipinski definition) is 4. The standard InChI is InChI=1S/C20H15Cl2N3O2S/c21-14-7-3-1-5-11(14)10-28-20-24-18-17(19(27)25-20)13(9-16(26)23-18)12-6-2-4-8-15(12)22/h1-8,13H,9-10H2,(H2,23,24,25,26,27)/t13-/m0/s1. The number of H-pyrrole nitrogens is 1. The van der Waals surface area contributed by atoms with Crippen LogP contribution in [0.25, 0.3) is 0 Å². The summed E-state index contributed by atoms with van der Waals surface area (Å²) in [5, 5.41) is 4.31. The summed E-state index contributed by atoms with van der Waals surface area (Å²) in [5.74, 6) is 0.198. The second kappa shape index (κ2) is 7.99. The van der Waals surface area contributed by atoms with Gasteiger partial charge in [0.05, 0.1) is 5.56 Å². The molecule has 0 unspecified atom stereocenters. The number of hydrogen-bond donors (Lipinski definition) is 2. The van der Waals surface area contributed by atoms with E-state index in [-0.39, 0.29) is 23.7 Å². The number of carbonyl (C=O) groups excluding carboxylic acids is 1. The quantitative estimate of drug-likeness (QED) is 0.457. The van der Waals surface area contributed by atoms with Crippen LogP contribution in [-0.2, 0) is 10.5 Å². The molecule has 5 nitrogen and oxygen atoms in total. The van der Waals surface area contributed by atoms with Gasteiger partial charge in [-0.15, -0.1) is 0 Å². The summed E-state index contributed by atoms with van der Waals surface area (Å²) in [7, 11) is 0. The fourth-order valence-electron chi connectivity index (χ4n) is 3.20. The van der Waals surface area contributed by atoms with E-state index in [9.17, 15) is 9.59 Å². The molecule has 1 aromatic heterocycles. The molecule has 0 bridgehead atoms. The lowest BCUT2D eigenvalue weighted by Gasteiger charge is -2.25. The van der Waals surface area contributed by atoms with Crippen molar-refractivity contribution in [2.24, 2.45) is 0 Å². The Morgan fingerprint density at radius 3 is 2.50 bits per heavy atom. The third kappa shape index (κ3) is 3.81. The molecule has 0 radical (unpaired) electrons. The monoisotopic (exact) mass is 431 g/mol. The molecule has 1 amide bonds. The van der Waals surface area contributed by atoms with Crippen molar-refractivity contribution in [3.05, 3.63) is 85.6 Å². The van der Waals surface area contributed by atoms with E-state index in [1.165, 1.54) is 11.8 Å². The van der Waals surface area contributed by atoms with Crippen LogP contribution < -0.4 is 10.9 Å². The van der Waals surface area contributed by atoms with Gasteiger partial charge in [0.15, 0.2) is 5.16 Å². The number of anilines is 1. The van der Waals surface area contributed by atoms with Crippen molar-refractivity contribution in [3.8, 4) is 0 Å². The van der Waals surface area contributed by atoms with Crippen LogP contribution in [0, 0.1) is 0 Å². The van der Waals surface area contributed by atoms with Gasteiger partial charge in [0.2, 0.25) is 5.91 Å². The molecular weight excluding hydrogens is 417 g/mol. The van der Waals surface area contributed by atoms with Gasteiger partial charge in [-0.1, -0.05) is 71.4 Å². The zero-order valence-corrected chi connectivity index (χ0v) is 16.9. The van der Waals surface area contributed by atoms with Crippen LogP contribution in [0.2, 0.25) is 10.0 Å². The van der Waals surface area contributed by atoms with Gasteiger partial charge >= 0.3 is 0 Å². The first-order chi connectivity index (χ1) is 13.5. The van der Waals surface area contributed by atoms with Crippen LogP contribution in [-0.4, -0.2) is 15.9 Å². The average molecular weight is 432 g/mol. The highest BCUT2D eigenvalue weighted by Gasteiger charge is 2.32. The number of thioether (sulfide) groups is 1. The third-order valence-corrected chi connectivity index (χ3v) is 6.17. The molecule has 1 aliphatic rings. The minimum atomic E-state index is -0.434. The molecule has 1 atom stereocenters. The normalized spacial score (nSPS) is 15.8. The molecular formula is C20H15Cl2N3O2S. The minimum Gasteiger partial charge on any atom is -0.310 e. The largest absolute Gasteiger partial charge is 0.310 e. The lowest BCUT2D eigenvalue weighted by atomic mass is 9.87. The van der Waals surface area contributed by atoms with E-state index >= 15 is 0 Å². The van der Waals surface area contributed by atoms with Crippen LogP contribution in [0.3, 0.4) is 0 Å². The summed E-state index contributed by atoms with van der Waals surface area (Å²) in [4.78, 5) is 32.4. The summed E-state index contributed by atoms with van der Waals surface area (Å²) < 4.78 is 0. The Balaban J connectivity index is 1.68. The Bertz CT molecular complexity index is 1120. The molecule has 4 rings (SSSR count). The van der Waals surface area contributed by atoms with Crippen molar-refractivity contribution in [1.82, 2.24) is 9.97 Å². The zero-order valence-electron chi connectivity index (χ0n) is 14.5. The molecule has 0 saturated heterocycles. The minimum absolute atomic E-state index is 0.146. The van der Waals surface area contributed by atoms with Crippen molar-refractivity contribution in [3.63, 3.8) is 0 Å². The van der Waals surface area contributed by atoms with Gasteiger partial charge in [-0.3, -0.25) is 9.59 Å². The van der Waals surface area contributed by atoms with Gasteiger partial charge in [0.25, 0.3) is 5.56 Å². The van der Waals surface area contributed by atoms with E-state index in [1.807, 2.05) is 42.5 Å². The van der Waals surface area contributed by atoms with E-state index < -0.39 is 5.92 Å². The summed E-state index contributed by atoms with van der Waals surface area (Å²) in [6.45, 7) is 0. The van der Waals surface area contributed by atoms with Gasteiger partial charge in [0, 0.05) is 28.1 Å². The third-order valence-electron chi connectivity index (χ3n) is 4.53. The number of halogens is 2. The van der Waals surface area contributed by atoms with Gasteiger partial charge in [0.1, 0.15) is 5.82 Å². The molecule has 28 heavy (non-hydrogen) atoms. The fraction of sp³-hybridized carbons (Fsp3) is 0.150. The number of aromatic amines is 1. The number of rotatable bonds is 4. The maximum Gasteiger partial charge on any atom is 0.257 e. The maximum absolute atomic E-state index is 12.8. The highest BCUT2D eigenvalue weighted by molar-refractivity contribution is 7.98. The zero-order chi connectivity index (χ0) is 19.7. The average Bonchev–Trinajstić information content (AvgIpc) is 2.67. The lowest BCUT2D eigenvalue weighted by molar-refractivity contribution is -0.116. The Labute approximate surface area is 175 Å². The molecule has 2 aromatic carbocycles. The first-order valence-corrected chi connectivity index (χ1v) is 10.3. The van der Waals surface area contributed by atoms with E-state index in [0.29, 0.717) is 26.5 Å². The van der Waals surface area contributed by atoms with Crippen LogP contribution in [0.5, 0.6) is 0 Å². The van der Waals surface area contributed by atoms with Crippen molar-refractivity contribution < 1.29 is 4.79 Å². The molecule has 0 spiro atoms. The Morgan fingerprint density at radius 2 is 1.75 bits per heavy atom. The summed E-state index contributed by atoms with van der Waals surface area (Å²) in [6, 6.07) is 14.7. The number of benzene rings is 2. The van der Waals surface area contributed by atoms with E-state index in [4.69, 9.17) is 23.2 Å². The van der Waals surface area contributed by atoms with Crippen molar-refractivity contribution >= 4 is 46.7 Å². The first kappa shape index (κ1) is 19.1. The molecule has 1 aliphatic heterocycles.